The van der Waals surface area contributed by atoms with Gasteiger partial charge in [-0.25, -0.2) is 4.98 Å². The molecule has 2 rings (SSSR count). The lowest BCUT2D eigenvalue weighted by Crippen LogP contribution is -1.95. The van der Waals surface area contributed by atoms with Crippen LogP contribution in [0.3, 0.4) is 0 Å². The predicted molar refractivity (Wildman–Crippen MR) is 74.5 cm³/mol. The Kier molecular flexibility index (Phi) is 4.90. The van der Waals surface area contributed by atoms with Gasteiger partial charge in [0.05, 0.1) is 35.9 Å². The minimum atomic E-state index is 0.00227. The summed E-state index contributed by atoms with van der Waals surface area (Å²) >= 11 is 1.52. The molecule has 0 aliphatic carbocycles. The Hall–Kier alpha value is -1.43. The summed E-state index contributed by atoms with van der Waals surface area (Å²) in [6.07, 6.45) is 0.700. The third-order valence-corrected chi connectivity index (χ3v) is 3.86. The zero-order chi connectivity index (χ0) is 13.7. The van der Waals surface area contributed by atoms with Crippen LogP contribution in [0.5, 0.6) is 5.75 Å². The van der Waals surface area contributed by atoms with Gasteiger partial charge in [0.15, 0.2) is 0 Å². The largest absolute Gasteiger partial charge is 0.496 e. The van der Waals surface area contributed by atoms with Crippen molar-refractivity contribution in [3.8, 4) is 5.75 Å². The second kappa shape index (κ2) is 6.65. The molecule has 0 saturated carbocycles. The van der Waals surface area contributed by atoms with Crippen molar-refractivity contribution in [2.75, 3.05) is 14.2 Å². The number of hydrogen-bond acceptors (Lipinski definition) is 5. The molecule has 0 spiro atoms. The van der Waals surface area contributed by atoms with Crippen molar-refractivity contribution in [2.24, 2.45) is 0 Å². The molecule has 0 amide bonds. The van der Waals surface area contributed by atoms with Crippen LogP contribution < -0.4 is 4.74 Å². The van der Waals surface area contributed by atoms with Gasteiger partial charge in [-0.2, -0.15) is 0 Å². The van der Waals surface area contributed by atoms with Gasteiger partial charge in [-0.3, -0.25) is 0 Å². The molecule has 0 saturated heterocycles. The number of hydrogen-bond donors (Lipinski definition) is 1. The van der Waals surface area contributed by atoms with Gasteiger partial charge in [0.25, 0.3) is 0 Å². The number of ether oxygens (including phenoxy) is 2. The Bertz CT molecular complexity index is 539. The van der Waals surface area contributed by atoms with Crippen LogP contribution in [0.25, 0.3) is 0 Å². The Morgan fingerprint density at radius 3 is 2.74 bits per heavy atom. The van der Waals surface area contributed by atoms with E-state index in [1.165, 1.54) is 11.3 Å². The monoisotopic (exact) mass is 279 g/mol. The van der Waals surface area contributed by atoms with Crippen molar-refractivity contribution in [3.63, 3.8) is 0 Å². The fraction of sp³-hybridized carbons (Fsp3) is 0.357. The van der Waals surface area contributed by atoms with Crippen molar-refractivity contribution in [1.82, 2.24) is 4.98 Å². The minimum Gasteiger partial charge on any atom is -0.496 e. The molecule has 102 valence electrons. The van der Waals surface area contributed by atoms with Crippen LogP contribution in [0.2, 0.25) is 0 Å². The highest BCUT2D eigenvalue weighted by Gasteiger charge is 2.12. The zero-order valence-corrected chi connectivity index (χ0v) is 11.9. The number of aromatic nitrogens is 1. The lowest BCUT2D eigenvalue weighted by atomic mass is 10.1. The lowest BCUT2D eigenvalue weighted by Gasteiger charge is -2.05. The molecule has 2 aromatic rings. The summed E-state index contributed by atoms with van der Waals surface area (Å²) < 4.78 is 10.4. The van der Waals surface area contributed by atoms with Crippen molar-refractivity contribution in [3.05, 3.63) is 45.4 Å². The van der Waals surface area contributed by atoms with Crippen LogP contribution in [0.15, 0.2) is 24.3 Å². The van der Waals surface area contributed by atoms with Gasteiger partial charge < -0.3 is 14.6 Å². The standard InChI is InChI=1S/C14H17NO3S/c1-17-9-11-13(8-16)19-14(15-11)7-10-5-3-4-6-12(10)18-2/h3-6,16H,7-9H2,1-2H3. The van der Waals surface area contributed by atoms with Crippen molar-refractivity contribution in [1.29, 1.82) is 0 Å². The highest BCUT2D eigenvalue weighted by Crippen LogP contribution is 2.25. The molecule has 0 aliphatic heterocycles. The molecule has 0 aliphatic rings. The first-order valence-electron chi connectivity index (χ1n) is 5.97. The molecule has 4 nitrogen and oxygen atoms in total. The number of para-hydroxylation sites is 1. The number of aliphatic hydroxyl groups is 1. The molecule has 1 heterocycles. The van der Waals surface area contributed by atoms with E-state index < -0.39 is 0 Å². The average Bonchev–Trinajstić information content (AvgIpc) is 2.82. The summed E-state index contributed by atoms with van der Waals surface area (Å²) in [5.41, 5.74) is 1.91. The minimum absolute atomic E-state index is 0.00227. The predicted octanol–water partition coefficient (Wildman–Crippen LogP) is 2.38. The van der Waals surface area contributed by atoms with Gasteiger partial charge in [0.2, 0.25) is 0 Å². The SMILES string of the molecule is COCc1nc(Cc2ccccc2OC)sc1CO. The second-order valence-electron chi connectivity index (χ2n) is 4.06. The van der Waals surface area contributed by atoms with E-state index in [0.29, 0.717) is 13.0 Å². The summed E-state index contributed by atoms with van der Waals surface area (Å²) in [7, 11) is 3.29. The van der Waals surface area contributed by atoms with E-state index in [-0.39, 0.29) is 6.61 Å². The van der Waals surface area contributed by atoms with Gasteiger partial charge in [0.1, 0.15) is 5.75 Å². The van der Waals surface area contributed by atoms with Crippen LogP contribution in [-0.2, 0) is 24.4 Å². The van der Waals surface area contributed by atoms with Crippen molar-refractivity contribution in [2.45, 2.75) is 19.6 Å². The van der Waals surface area contributed by atoms with Crippen molar-refractivity contribution >= 4 is 11.3 Å². The third kappa shape index (κ3) is 3.32. The molecule has 1 aromatic carbocycles. The van der Waals surface area contributed by atoms with E-state index >= 15 is 0 Å². The van der Waals surface area contributed by atoms with Gasteiger partial charge in [-0.15, -0.1) is 11.3 Å². The number of nitrogens with zero attached hydrogens (tertiary/aromatic N) is 1. The fourth-order valence-electron chi connectivity index (χ4n) is 1.90. The zero-order valence-electron chi connectivity index (χ0n) is 11.0. The van der Waals surface area contributed by atoms with E-state index in [4.69, 9.17) is 9.47 Å². The second-order valence-corrected chi connectivity index (χ2v) is 5.23. The molecule has 0 unspecified atom stereocenters. The quantitative estimate of drug-likeness (QED) is 0.882. The highest BCUT2D eigenvalue weighted by atomic mass is 32.1. The Morgan fingerprint density at radius 2 is 2.05 bits per heavy atom. The maximum Gasteiger partial charge on any atom is 0.122 e. The van der Waals surface area contributed by atoms with E-state index in [1.807, 2.05) is 24.3 Å². The molecule has 0 atom stereocenters. The van der Waals surface area contributed by atoms with Crippen LogP contribution in [0, 0.1) is 0 Å². The van der Waals surface area contributed by atoms with Crippen molar-refractivity contribution < 1.29 is 14.6 Å². The first kappa shape index (κ1) is 14.0. The van der Waals surface area contributed by atoms with E-state index in [1.54, 1.807) is 14.2 Å². The van der Waals surface area contributed by atoms with E-state index in [2.05, 4.69) is 4.98 Å². The molecule has 0 fully saturated rings. The molecule has 19 heavy (non-hydrogen) atoms. The third-order valence-electron chi connectivity index (χ3n) is 2.78. The summed E-state index contributed by atoms with van der Waals surface area (Å²) in [5, 5.41) is 10.3. The van der Waals surface area contributed by atoms with Gasteiger partial charge in [-0.05, 0) is 6.07 Å². The molecule has 1 N–H and O–H groups in total. The van der Waals surface area contributed by atoms with Gasteiger partial charge in [-0.1, -0.05) is 18.2 Å². The Morgan fingerprint density at radius 1 is 1.26 bits per heavy atom. The summed E-state index contributed by atoms with van der Waals surface area (Å²) in [4.78, 5) is 5.39. The number of benzene rings is 1. The molecular weight excluding hydrogens is 262 g/mol. The molecule has 5 heteroatoms. The number of thiazole rings is 1. The summed E-state index contributed by atoms with van der Waals surface area (Å²) in [6.45, 7) is 0.431. The van der Waals surface area contributed by atoms with Gasteiger partial charge in [0, 0.05) is 19.1 Å². The first-order chi connectivity index (χ1) is 9.28. The smallest absolute Gasteiger partial charge is 0.122 e. The molecule has 0 radical (unpaired) electrons. The number of rotatable bonds is 6. The maximum absolute atomic E-state index is 9.32. The topological polar surface area (TPSA) is 51.6 Å². The van der Waals surface area contributed by atoms with Crippen LogP contribution in [-0.4, -0.2) is 24.3 Å². The average molecular weight is 279 g/mol. The van der Waals surface area contributed by atoms with Crippen LogP contribution in [0.1, 0.15) is 21.1 Å². The first-order valence-corrected chi connectivity index (χ1v) is 6.79. The Balaban J connectivity index is 2.23. The van der Waals surface area contributed by atoms with Crippen LogP contribution >= 0.6 is 11.3 Å². The molecular formula is C14H17NO3S. The molecule has 0 bridgehead atoms. The van der Waals surface area contributed by atoms with E-state index in [9.17, 15) is 5.11 Å². The maximum atomic E-state index is 9.32. The highest BCUT2D eigenvalue weighted by molar-refractivity contribution is 7.11. The van der Waals surface area contributed by atoms with Crippen LogP contribution in [0.4, 0.5) is 0 Å². The summed E-state index contributed by atoms with van der Waals surface area (Å²) in [6, 6.07) is 7.88. The van der Waals surface area contributed by atoms with Gasteiger partial charge >= 0.3 is 0 Å². The van der Waals surface area contributed by atoms with E-state index in [0.717, 1.165) is 26.9 Å². The Labute approximate surface area is 116 Å². The lowest BCUT2D eigenvalue weighted by molar-refractivity contribution is 0.178. The number of methoxy groups -OCH3 is 2. The normalized spacial score (nSPS) is 10.7. The number of aliphatic hydroxyl groups excluding tert-OH is 1. The molecule has 1 aromatic heterocycles. The fourth-order valence-corrected chi connectivity index (χ4v) is 2.85. The summed E-state index contributed by atoms with van der Waals surface area (Å²) in [5.74, 6) is 0.858.